The molecule has 0 aromatic carbocycles. The van der Waals surface area contributed by atoms with Crippen LogP contribution in [0.4, 0.5) is 26.3 Å². The molecular weight excluding hydrogens is 240 g/mol. The van der Waals surface area contributed by atoms with E-state index >= 15 is 0 Å². The van der Waals surface area contributed by atoms with Crippen LogP contribution in [0.15, 0.2) is 18.3 Å². The number of alkyl halides is 6. The second-order valence-corrected chi connectivity index (χ2v) is 2.88. The number of halogens is 6. The lowest BCUT2D eigenvalue weighted by atomic mass is 10.1. The average Bonchev–Trinajstić information content (AvgIpc) is 2.14. The predicted octanol–water partition coefficient (Wildman–Crippen LogP) is 2.70. The van der Waals surface area contributed by atoms with Crippen LogP contribution in [0.5, 0.6) is 0 Å². The Kier molecular flexibility index (Phi) is 3.13. The maximum atomic E-state index is 12.3. The summed E-state index contributed by atoms with van der Waals surface area (Å²) < 4.78 is 73.0. The van der Waals surface area contributed by atoms with Gasteiger partial charge in [0.25, 0.3) is 0 Å². The molecule has 1 aromatic heterocycles. The lowest BCUT2D eigenvalue weighted by Crippen LogP contribution is -2.24. The number of hydrogen-bond donors (Lipinski definition) is 1. The van der Waals surface area contributed by atoms with E-state index in [0.29, 0.717) is 6.07 Å². The van der Waals surface area contributed by atoms with Gasteiger partial charge >= 0.3 is 12.4 Å². The molecule has 0 aliphatic carbocycles. The van der Waals surface area contributed by atoms with Gasteiger partial charge in [-0.2, -0.15) is 26.3 Å². The molecule has 16 heavy (non-hydrogen) atoms. The summed E-state index contributed by atoms with van der Waals surface area (Å²) in [6.45, 7) is 0. The van der Waals surface area contributed by atoms with Gasteiger partial charge in [-0.3, -0.25) is 4.98 Å². The minimum Gasteiger partial charge on any atom is -0.378 e. The molecule has 0 amide bonds. The number of nitrogens with zero attached hydrogens (tertiary/aromatic N) is 1. The van der Waals surface area contributed by atoms with Gasteiger partial charge in [-0.25, -0.2) is 0 Å². The Morgan fingerprint density at radius 3 is 2.12 bits per heavy atom. The van der Waals surface area contributed by atoms with Crippen molar-refractivity contribution < 1.29 is 31.4 Å². The highest BCUT2D eigenvalue weighted by Gasteiger charge is 2.45. The summed E-state index contributed by atoms with van der Waals surface area (Å²) in [6.07, 6.45) is -12.7. The topological polar surface area (TPSA) is 33.1 Å². The molecule has 8 heteroatoms. The van der Waals surface area contributed by atoms with Gasteiger partial charge in [0.1, 0.15) is 0 Å². The van der Waals surface area contributed by atoms with E-state index in [1.165, 1.54) is 0 Å². The monoisotopic (exact) mass is 245 g/mol. The fourth-order valence-electron chi connectivity index (χ4n) is 1.03. The molecule has 0 fully saturated rings. The first-order valence-electron chi connectivity index (χ1n) is 3.91. The van der Waals surface area contributed by atoms with E-state index in [1.807, 2.05) is 0 Å². The van der Waals surface area contributed by atoms with Crippen LogP contribution >= 0.6 is 0 Å². The molecule has 2 nitrogen and oxygen atoms in total. The van der Waals surface area contributed by atoms with Gasteiger partial charge in [-0.15, -0.1) is 0 Å². The Balaban J connectivity index is 3.25. The molecular formula is C8H5F6NO. The normalized spacial score (nSPS) is 14.9. The molecule has 1 heterocycles. The van der Waals surface area contributed by atoms with Crippen LogP contribution in [-0.4, -0.2) is 16.3 Å². The van der Waals surface area contributed by atoms with Crippen LogP contribution in [0, 0.1) is 0 Å². The average molecular weight is 245 g/mol. The summed E-state index contributed by atoms with van der Waals surface area (Å²) in [5, 5.41) is 8.71. The molecule has 0 aliphatic heterocycles. The second kappa shape index (κ2) is 3.93. The number of aromatic nitrogens is 1. The summed E-state index contributed by atoms with van der Waals surface area (Å²) in [4.78, 5) is 2.92. The minimum atomic E-state index is -5.19. The molecule has 1 aromatic rings. The lowest BCUT2D eigenvalue weighted by molar-refractivity contribution is -0.210. The van der Waals surface area contributed by atoms with Crippen molar-refractivity contribution in [1.29, 1.82) is 0 Å². The standard InChI is InChI=1S/C8H5F6NO/c9-7(10,11)4-2-1-3-15-5(4)6(16)8(12,13)14/h1-3,6,16H/t6-/m1/s1. The van der Waals surface area contributed by atoms with Crippen molar-refractivity contribution in [2.45, 2.75) is 18.5 Å². The summed E-state index contributed by atoms with van der Waals surface area (Å²) in [6, 6.07) is 1.27. The van der Waals surface area contributed by atoms with E-state index in [9.17, 15) is 26.3 Å². The molecule has 90 valence electrons. The Morgan fingerprint density at radius 2 is 1.69 bits per heavy atom. The number of rotatable bonds is 1. The van der Waals surface area contributed by atoms with E-state index in [0.717, 1.165) is 12.3 Å². The van der Waals surface area contributed by atoms with Gasteiger partial charge in [0.15, 0.2) is 6.10 Å². The van der Waals surface area contributed by atoms with E-state index in [2.05, 4.69) is 4.98 Å². The first-order valence-corrected chi connectivity index (χ1v) is 3.91. The minimum absolute atomic E-state index is 0.428. The quantitative estimate of drug-likeness (QED) is 0.771. The molecule has 0 aliphatic rings. The van der Waals surface area contributed by atoms with Crippen molar-refractivity contribution >= 4 is 0 Å². The predicted molar refractivity (Wildman–Crippen MR) is 40.3 cm³/mol. The van der Waals surface area contributed by atoms with Crippen LogP contribution in [-0.2, 0) is 6.18 Å². The Labute approximate surface area is 85.5 Å². The maximum Gasteiger partial charge on any atom is 0.420 e. The zero-order valence-electron chi connectivity index (χ0n) is 7.47. The fraction of sp³-hybridized carbons (Fsp3) is 0.375. The van der Waals surface area contributed by atoms with Crippen LogP contribution in [0.3, 0.4) is 0 Å². The molecule has 1 atom stereocenters. The zero-order chi connectivity index (χ0) is 12.6. The van der Waals surface area contributed by atoms with Gasteiger partial charge < -0.3 is 5.11 Å². The first-order chi connectivity index (χ1) is 7.14. The van der Waals surface area contributed by atoms with Gasteiger partial charge in [-0.05, 0) is 12.1 Å². The maximum absolute atomic E-state index is 12.3. The SMILES string of the molecule is O[C@H](c1ncccc1C(F)(F)F)C(F)(F)F. The number of pyridine rings is 1. The van der Waals surface area contributed by atoms with Crippen LogP contribution in [0.25, 0.3) is 0 Å². The summed E-state index contributed by atoms with van der Waals surface area (Å²) in [5.74, 6) is 0. The molecule has 0 saturated heterocycles. The molecule has 0 spiro atoms. The Morgan fingerprint density at radius 1 is 1.12 bits per heavy atom. The van der Waals surface area contributed by atoms with Crippen LogP contribution < -0.4 is 0 Å². The van der Waals surface area contributed by atoms with Gasteiger partial charge in [0.2, 0.25) is 0 Å². The fourth-order valence-corrected chi connectivity index (χ4v) is 1.03. The van der Waals surface area contributed by atoms with Crippen molar-refractivity contribution in [2.24, 2.45) is 0 Å². The molecule has 0 unspecified atom stereocenters. The van der Waals surface area contributed by atoms with Crippen LogP contribution in [0.2, 0.25) is 0 Å². The van der Waals surface area contributed by atoms with E-state index in [4.69, 9.17) is 5.11 Å². The van der Waals surface area contributed by atoms with Crippen molar-refractivity contribution in [1.82, 2.24) is 4.98 Å². The van der Waals surface area contributed by atoms with Gasteiger partial charge in [0, 0.05) is 6.20 Å². The van der Waals surface area contributed by atoms with E-state index in [1.54, 1.807) is 0 Å². The third kappa shape index (κ3) is 2.63. The Bertz CT molecular complexity index is 372. The molecule has 0 radical (unpaired) electrons. The van der Waals surface area contributed by atoms with Gasteiger partial charge in [0.05, 0.1) is 11.3 Å². The highest BCUT2D eigenvalue weighted by molar-refractivity contribution is 5.25. The molecule has 0 saturated carbocycles. The third-order valence-electron chi connectivity index (χ3n) is 1.71. The summed E-state index contributed by atoms with van der Waals surface area (Å²) in [5.41, 5.74) is -3.04. The van der Waals surface area contributed by atoms with Gasteiger partial charge in [-0.1, -0.05) is 0 Å². The number of aliphatic hydroxyl groups excluding tert-OH is 1. The highest BCUT2D eigenvalue weighted by Crippen LogP contribution is 2.38. The first kappa shape index (κ1) is 12.8. The van der Waals surface area contributed by atoms with Crippen LogP contribution in [0.1, 0.15) is 17.4 Å². The third-order valence-corrected chi connectivity index (χ3v) is 1.71. The molecule has 1 rings (SSSR count). The number of aliphatic hydroxyl groups is 1. The highest BCUT2D eigenvalue weighted by atomic mass is 19.4. The summed E-state index contributed by atoms with van der Waals surface area (Å²) in [7, 11) is 0. The zero-order valence-corrected chi connectivity index (χ0v) is 7.47. The lowest BCUT2D eigenvalue weighted by Gasteiger charge is -2.18. The van der Waals surface area contributed by atoms with Crippen molar-refractivity contribution in [2.75, 3.05) is 0 Å². The Hall–Kier alpha value is -1.31. The summed E-state index contributed by atoms with van der Waals surface area (Å²) >= 11 is 0. The second-order valence-electron chi connectivity index (χ2n) is 2.88. The molecule has 0 bridgehead atoms. The van der Waals surface area contributed by atoms with Crippen molar-refractivity contribution in [3.8, 4) is 0 Å². The van der Waals surface area contributed by atoms with E-state index < -0.39 is 29.7 Å². The smallest absolute Gasteiger partial charge is 0.378 e. The van der Waals surface area contributed by atoms with Crippen molar-refractivity contribution in [3.05, 3.63) is 29.6 Å². The molecule has 1 N–H and O–H groups in total. The number of hydrogen-bond acceptors (Lipinski definition) is 2. The van der Waals surface area contributed by atoms with Crippen molar-refractivity contribution in [3.63, 3.8) is 0 Å². The largest absolute Gasteiger partial charge is 0.420 e. The van der Waals surface area contributed by atoms with E-state index in [-0.39, 0.29) is 0 Å².